The summed E-state index contributed by atoms with van der Waals surface area (Å²) < 4.78 is 0. The van der Waals surface area contributed by atoms with Gasteiger partial charge in [0.2, 0.25) is 5.91 Å². The lowest BCUT2D eigenvalue weighted by Crippen LogP contribution is -2.36. The standard InChI is InChI=1S/C19H23N5O/c1-11(2)8-16(20)19(25)24-13-9-12(3)17(23-10-13)14-4-6-21-18-15(14)5-7-22-18/h4-7,9-11,16H,8,20H2,1-3H3,(H,21,22)(H,24,25)/t16-/m1/s1. The van der Waals surface area contributed by atoms with Gasteiger partial charge in [-0.3, -0.25) is 9.78 Å². The molecule has 0 fully saturated rings. The number of hydrogen-bond donors (Lipinski definition) is 3. The van der Waals surface area contributed by atoms with Gasteiger partial charge in [-0.2, -0.15) is 0 Å². The fraction of sp³-hybridized carbons (Fsp3) is 0.316. The average molecular weight is 337 g/mol. The number of fused-ring (bicyclic) bond motifs is 1. The van der Waals surface area contributed by atoms with Crippen LogP contribution in [0, 0.1) is 12.8 Å². The van der Waals surface area contributed by atoms with Crippen molar-refractivity contribution in [2.24, 2.45) is 11.7 Å². The maximum atomic E-state index is 12.2. The third-order valence-electron chi connectivity index (χ3n) is 4.12. The van der Waals surface area contributed by atoms with Gasteiger partial charge in [-0.15, -0.1) is 0 Å². The van der Waals surface area contributed by atoms with Gasteiger partial charge in [-0.05, 0) is 43.0 Å². The predicted molar refractivity (Wildman–Crippen MR) is 100 cm³/mol. The van der Waals surface area contributed by atoms with Crippen LogP contribution in [0.3, 0.4) is 0 Å². The van der Waals surface area contributed by atoms with Crippen molar-refractivity contribution in [3.05, 3.63) is 42.4 Å². The largest absolute Gasteiger partial charge is 0.346 e. The van der Waals surface area contributed by atoms with Crippen molar-refractivity contribution in [2.45, 2.75) is 33.2 Å². The molecule has 0 aliphatic heterocycles. The first-order valence-corrected chi connectivity index (χ1v) is 8.41. The van der Waals surface area contributed by atoms with Gasteiger partial charge < -0.3 is 16.0 Å². The van der Waals surface area contributed by atoms with E-state index in [-0.39, 0.29) is 5.91 Å². The summed E-state index contributed by atoms with van der Waals surface area (Å²) in [5, 5.41) is 3.88. The van der Waals surface area contributed by atoms with Crippen molar-refractivity contribution in [1.29, 1.82) is 0 Å². The molecule has 0 bridgehead atoms. The molecule has 0 unspecified atom stereocenters. The van der Waals surface area contributed by atoms with Crippen LogP contribution in [0.25, 0.3) is 22.3 Å². The number of nitrogens with zero attached hydrogens (tertiary/aromatic N) is 2. The number of carbonyl (C=O) groups is 1. The number of anilines is 1. The van der Waals surface area contributed by atoms with E-state index < -0.39 is 6.04 Å². The highest BCUT2D eigenvalue weighted by atomic mass is 16.2. The maximum absolute atomic E-state index is 12.2. The van der Waals surface area contributed by atoms with Crippen LogP contribution in [0.2, 0.25) is 0 Å². The number of aryl methyl sites for hydroxylation is 1. The molecule has 130 valence electrons. The Morgan fingerprint density at radius 2 is 2.12 bits per heavy atom. The van der Waals surface area contributed by atoms with Crippen LogP contribution in [0.4, 0.5) is 5.69 Å². The Labute approximate surface area is 146 Å². The molecule has 25 heavy (non-hydrogen) atoms. The van der Waals surface area contributed by atoms with Gasteiger partial charge >= 0.3 is 0 Å². The Bertz CT molecular complexity index is 900. The fourth-order valence-electron chi connectivity index (χ4n) is 2.94. The molecule has 3 rings (SSSR count). The zero-order chi connectivity index (χ0) is 18.0. The molecular formula is C19H23N5O. The number of amides is 1. The summed E-state index contributed by atoms with van der Waals surface area (Å²) in [5.41, 5.74) is 10.3. The van der Waals surface area contributed by atoms with Crippen molar-refractivity contribution in [3.8, 4) is 11.3 Å². The monoisotopic (exact) mass is 337 g/mol. The number of aromatic nitrogens is 3. The Hall–Kier alpha value is -2.73. The molecule has 0 aliphatic rings. The third kappa shape index (κ3) is 3.69. The molecule has 6 heteroatoms. The smallest absolute Gasteiger partial charge is 0.241 e. The summed E-state index contributed by atoms with van der Waals surface area (Å²) in [4.78, 5) is 24.1. The highest BCUT2D eigenvalue weighted by Crippen LogP contribution is 2.29. The molecule has 0 aromatic carbocycles. The van der Waals surface area contributed by atoms with Gasteiger partial charge in [0.25, 0.3) is 0 Å². The summed E-state index contributed by atoms with van der Waals surface area (Å²) in [6.45, 7) is 6.07. The second-order valence-electron chi connectivity index (χ2n) is 6.71. The number of nitrogens with one attached hydrogen (secondary N) is 2. The molecule has 0 saturated carbocycles. The number of rotatable bonds is 5. The van der Waals surface area contributed by atoms with Crippen LogP contribution in [0.15, 0.2) is 36.8 Å². The molecule has 1 amide bonds. The molecule has 0 radical (unpaired) electrons. The molecule has 3 aromatic rings. The number of hydrogen-bond acceptors (Lipinski definition) is 4. The summed E-state index contributed by atoms with van der Waals surface area (Å²) in [5.74, 6) is 0.193. The van der Waals surface area contributed by atoms with E-state index in [0.717, 1.165) is 27.9 Å². The lowest BCUT2D eigenvalue weighted by Gasteiger charge is -2.15. The zero-order valence-corrected chi connectivity index (χ0v) is 14.7. The molecule has 1 atom stereocenters. The van der Waals surface area contributed by atoms with E-state index >= 15 is 0 Å². The molecule has 3 aromatic heterocycles. The van der Waals surface area contributed by atoms with E-state index in [2.05, 4.69) is 20.3 Å². The second kappa shape index (κ2) is 7.03. The van der Waals surface area contributed by atoms with Crippen LogP contribution in [-0.2, 0) is 4.79 Å². The molecular weight excluding hydrogens is 314 g/mol. The van der Waals surface area contributed by atoms with E-state index in [1.165, 1.54) is 0 Å². The van der Waals surface area contributed by atoms with Gasteiger partial charge in [0, 0.05) is 23.3 Å². The van der Waals surface area contributed by atoms with Gasteiger partial charge in [0.15, 0.2) is 0 Å². The molecule has 0 spiro atoms. The van der Waals surface area contributed by atoms with Gasteiger partial charge in [0.1, 0.15) is 5.65 Å². The minimum absolute atomic E-state index is 0.181. The molecule has 6 nitrogen and oxygen atoms in total. The highest BCUT2D eigenvalue weighted by Gasteiger charge is 2.16. The van der Waals surface area contributed by atoms with Crippen molar-refractivity contribution in [2.75, 3.05) is 5.32 Å². The lowest BCUT2D eigenvalue weighted by atomic mass is 10.0. The van der Waals surface area contributed by atoms with E-state index in [4.69, 9.17) is 5.73 Å². The van der Waals surface area contributed by atoms with Gasteiger partial charge in [-0.25, -0.2) is 4.98 Å². The van der Waals surface area contributed by atoms with Crippen molar-refractivity contribution in [1.82, 2.24) is 15.0 Å². The minimum Gasteiger partial charge on any atom is -0.346 e. The quantitative estimate of drug-likeness (QED) is 0.666. The first-order chi connectivity index (χ1) is 12.0. The van der Waals surface area contributed by atoms with Crippen LogP contribution in [-0.4, -0.2) is 26.9 Å². The van der Waals surface area contributed by atoms with E-state index in [9.17, 15) is 4.79 Å². The fourth-order valence-corrected chi connectivity index (χ4v) is 2.94. The first kappa shape index (κ1) is 17.1. The molecule has 0 aliphatic carbocycles. The minimum atomic E-state index is -0.514. The highest BCUT2D eigenvalue weighted by molar-refractivity contribution is 5.96. The zero-order valence-electron chi connectivity index (χ0n) is 14.7. The topological polar surface area (TPSA) is 96.7 Å². The Morgan fingerprint density at radius 1 is 1.32 bits per heavy atom. The third-order valence-corrected chi connectivity index (χ3v) is 4.12. The van der Waals surface area contributed by atoms with Crippen molar-refractivity contribution < 1.29 is 4.79 Å². The summed E-state index contributed by atoms with van der Waals surface area (Å²) in [6.07, 6.45) is 5.94. The molecule has 3 heterocycles. The Morgan fingerprint density at radius 3 is 2.84 bits per heavy atom. The van der Waals surface area contributed by atoms with Gasteiger partial charge in [0.05, 0.1) is 23.6 Å². The van der Waals surface area contributed by atoms with Crippen LogP contribution in [0.5, 0.6) is 0 Å². The van der Waals surface area contributed by atoms with E-state index in [0.29, 0.717) is 18.0 Å². The lowest BCUT2D eigenvalue weighted by molar-refractivity contribution is -0.117. The summed E-state index contributed by atoms with van der Waals surface area (Å²) >= 11 is 0. The van der Waals surface area contributed by atoms with Crippen molar-refractivity contribution >= 4 is 22.6 Å². The number of H-pyrrole nitrogens is 1. The Balaban J connectivity index is 1.84. The maximum Gasteiger partial charge on any atom is 0.241 e. The van der Waals surface area contributed by atoms with Gasteiger partial charge in [-0.1, -0.05) is 13.8 Å². The number of nitrogens with two attached hydrogens (primary N) is 1. The van der Waals surface area contributed by atoms with E-state index in [1.54, 1.807) is 12.4 Å². The number of carbonyl (C=O) groups excluding carboxylic acids is 1. The van der Waals surface area contributed by atoms with E-state index in [1.807, 2.05) is 45.2 Å². The number of aromatic amines is 1. The average Bonchev–Trinajstić information content (AvgIpc) is 3.03. The molecule has 0 saturated heterocycles. The summed E-state index contributed by atoms with van der Waals surface area (Å²) in [7, 11) is 0. The SMILES string of the molecule is Cc1cc(NC(=O)[C@H](N)CC(C)C)cnc1-c1ccnc2[nH]ccc12. The number of pyridine rings is 2. The van der Waals surface area contributed by atoms with Crippen LogP contribution in [0.1, 0.15) is 25.8 Å². The first-order valence-electron chi connectivity index (χ1n) is 8.41. The second-order valence-corrected chi connectivity index (χ2v) is 6.71. The normalized spacial score (nSPS) is 12.5. The summed E-state index contributed by atoms with van der Waals surface area (Å²) in [6, 6.07) is 5.34. The van der Waals surface area contributed by atoms with Crippen molar-refractivity contribution in [3.63, 3.8) is 0 Å². The van der Waals surface area contributed by atoms with Crippen LogP contribution < -0.4 is 11.1 Å². The van der Waals surface area contributed by atoms with Crippen LogP contribution >= 0.6 is 0 Å². The predicted octanol–water partition coefficient (Wildman–Crippen LogP) is 3.25. The molecule has 4 N–H and O–H groups in total. The Kier molecular flexibility index (Phi) is 4.81.